The number of carbonyl (C=O) groups excluding carboxylic acids is 2. The fourth-order valence-corrected chi connectivity index (χ4v) is 4.48. The molecule has 2 amide bonds. The molecule has 1 aromatic carbocycles. The quantitative estimate of drug-likeness (QED) is 0.631. The lowest BCUT2D eigenvalue weighted by atomic mass is 10.1. The number of aromatic nitrogens is 1. The highest BCUT2D eigenvalue weighted by Gasteiger charge is 2.29. The average molecular weight is 363 g/mol. The Kier molecular flexibility index (Phi) is 5.06. The molecule has 1 aromatic heterocycles. The summed E-state index contributed by atoms with van der Waals surface area (Å²) in [6.07, 6.45) is 0. The maximum absolute atomic E-state index is 12.2. The van der Waals surface area contributed by atoms with Crippen molar-refractivity contribution in [1.82, 2.24) is 15.6 Å². The second-order valence-electron chi connectivity index (χ2n) is 5.17. The fraction of sp³-hybridized carbons (Fsp3) is 0.312. The molecule has 1 aliphatic heterocycles. The Hall–Kier alpha value is -2.06. The van der Waals surface area contributed by atoms with Crippen LogP contribution >= 0.6 is 23.1 Å². The summed E-state index contributed by atoms with van der Waals surface area (Å²) in [5, 5.41) is 5.41. The monoisotopic (exact) mass is 363 g/mol. The molecule has 3 rings (SSSR count). The van der Waals surface area contributed by atoms with Crippen LogP contribution in [0.3, 0.4) is 0 Å². The van der Waals surface area contributed by atoms with E-state index in [2.05, 4.69) is 15.6 Å². The first-order valence-electron chi connectivity index (χ1n) is 7.54. The lowest BCUT2D eigenvalue weighted by molar-refractivity contribution is -0.138. The van der Waals surface area contributed by atoms with Gasteiger partial charge in [-0.2, -0.15) is 0 Å². The fourth-order valence-electron chi connectivity index (χ4n) is 2.44. The predicted molar refractivity (Wildman–Crippen MR) is 95.1 cm³/mol. The van der Waals surface area contributed by atoms with Gasteiger partial charge in [-0.25, -0.2) is 14.6 Å². The van der Waals surface area contributed by atoms with E-state index >= 15 is 0 Å². The number of amides is 2. The SMILES string of the molecule is CCOC(=O)C1=C(CSc2nc3ccccc3s2)NC(=O)N[C@H]1C. The maximum Gasteiger partial charge on any atom is 0.337 e. The number of rotatable bonds is 5. The van der Waals surface area contributed by atoms with Crippen molar-refractivity contribution in [3.8, 4) is 0 Å². The summed E-state index contributed by atoms with van der Waals surface area (Å²) in [6, 6.07) is 7.22. The maximum atomic E-state index is 12.2. The molecular formula is C16H17N3O3S2. The van der Waals surface area contributed by atoms with Crippen molar-refractivity contribution in [3.63, 3.8) is 0 Å². The van der Waals surface area contributed by atoms with Crippen LogP contribution in [-0.2, 0) is 9.53 Å². The zero-order chi connectivity index (χ0) is 17.1. The third kappa shape index (κ3) is 3.54. The second kappa shape index (κ2) is 7.23. The van der Waals surface area contributed by atoms with Gasteiger partial charge in [0.05, 0.1) is 28.4 Å². The molecule has 0 unspecified atom stereocenters. The van der Waals surface area contributed by atoms with Crippen molar-refractivity contribution in [2.75, 3.05) is 12.4 Å². The highest BCUT2D eigenvalue weighted by atomic mass is 32.2. The second-order valence-corrected chi connectivity index (χ2v) is 7.42. The summed E-state index contributed by atoms with van der Waals surface area (Å²) in [7, 11) is 0. The van der Waals surface area contributed by atoms with Gasteiger partial charge in [-0.1, -0.05) is 23.9 Å². The number of carbonyl (C=O) groups is 2. The van der Waals surface area contributed by atoms with Crippen molar-refractivity contribution in [2.24, 2.45) is 0 Å². The Balaban J connectivity index is 1.82. The van der Waals surface area contributed by atoms with Crippen molar-refractivity contribution in [2.45, 2.75) is 24.2 Å². The number of thioether (sulfide) groups is 1. The minimum absolute atomic E-state index is 0.293. The molecule has 0 saturated heterocycles. The molecule has 2 heterocycles. The molecule has 0 fully saturated rings. The summed E-state index contributed by atoms with van der Waals surface area (Å²) < 4.78 is 7.12. The van der Waals surface area contributed by atoms with Gasteiger partial charge in [0.25, 0.3) is 0 Å². The Morgan fingerprint density at radius 3 is 2.96 bits per heavy atom. The van der Waals surface area contributed by atoms with Gasteiger partial charge in [0, 0.05) is 11.4 Å². The van der Waals surface area contributed by atoms with Crippen LogP contribution in [-0.4, -0.2) is 35.4 Å². The predicted octanol–water partition coefficient (Wildman–Crippen LogP) is 2.91. The van der Waals surface area contributed by atoms with Crippen LogP contribution in [0.5, 0.6) is 0 Å². The first-order chi connectivity index (χ1) is 11.6. The molecule has 0 saturated carbocycles. The Bertz CT molecular complexity index is 783. The van der Waals surface area contributed by atoms with Crippen LogP contribution in [0.1, 0.15) is 13.8 Å². The highest BCUT2D eigenvalue weighted by Crippen LogP contribution is 2.31. The van der Waals surface area contributed by atoms with Gasteiger partial charge in [0.1, 0.15) is 0 Å². The molecule has 0 radical (unpaired) electrons. The lowest BCUT2D eigenvalue weighted by Crippen LogP contribution is -2.49. The van der Waals surface area contributed by atoms with E-state index in [9.17, 15) is 9.59 Å². The minimum Gasteiger partial charge on any atom is -0.463 e. The number of hydrogen-bond acceptors (Lipinski definition) is 6. The van der Waals surface area contributed by atoms with E-state index in [4.69, 9.17) is 4.74 Å². The van der Waals surface area contributed by atoms with Crippen LogP contribution in [0.2, 0.25) is 0 Å². The molecule has 2 aromatic rings. The topological polar surface area (TPSA) is 80.3 Å². The average Bonchev–Trinajstić information content (AvgIpc) is 2.95. The van der Waals surface area contributed by atoms with E-state index in [1.165, 1.54) is 11.8 Å². The number of esters is 1. The first-order valence-corrected chi connectivity index (χ1v) is 9.34. The molecule has 2 N–H and O–H groups in total. The van der Waals surface area contributed by atoms with Crippen LogP contribution in [0.15, 0.2) is 39.9 Å². The van der Waals surface area contributed by atoms with E-state index < -0.39 is 5.97 Å². The first kappa shape index (κ1) is 16.8. The Labute approximate surface area is 147 Å². The van der Waals surface area contributed by atoms with E-state index in [1.807, 2.05) is 24.3 Å². The number of ether oxygens (including phenoxy) is 1. The number of para-hydroxylation sites is 1. The van der Waals surface area contributed by atoms with E-state index in [0.717, 1.165) is 14.6 Å². The largest absolute Gasteiger partial charge is 0.463 e. The Morgan fingerprint density at radius 2 is 2.21 bits per heavy atom. The van der Waals surface area contributed by atoms with Gasteiger partial charge in [0.2, 0.25) is 0 Å². The van der Waals surface area contributed by atoms with Crippen LogP contribution < -0.4 is 10.6 Å². The number of fused-ring (bicyclic) bond motifs is 1. The van der Waals surface area contributed by atoms with Gasteiger partial charge in [-0.3, -0.25) is 0 Å². The molecule has 1 aliphatic rings. The molecule has 0 spiro atoms. The third-order valence-electron chi connectivity index (χ3n) is 3.48. The summed E-state index contributed by atoms with van der Waals surface area (Å²) in [4.78, 5) is 28.5. The summed E-state index contributed by atoms with van der Waals surface area (Å²) in [5.41, 5.74) is 1.99. The highest BCUT2D eigenvalue weighted by molar-refractivity contribution is 8.01. The van der Waals surface area contributed by atoms with Gasteiger partial charge >= 0.3 is 12.0 Å². The minimum atomic E-state index is -0.405. The number of urea groups is 1. The number of nitrogens with zero attached hydrogens (tertiary/aromatic N) is 1. The van der Waals surface area contributed by atoms with Crippen molar-refractivity contribution in [3.05, 3.63) is 35.5 Å². The number of benzene rings is 1. The summed E-state index contributed by atoms with van der Waals surface area (Å²) in [5.74, 6) is 0.0449. The van der Waals surface area contributed by atoms with Crippen LogP contribution in [0.25, 0.3) is 10.2 Å². The zero-order valence-corrected chi connectivity index (χ0v) is 14.9. The lowest BCUT2D eigenvalue weighted by Gasteiger charge is -2.26. The number of hydrogen-bond donors (Lipinski definition) is 2. The standard InChI is InChI=1S/C16H17N3O3S2/c1-3-22-14(20)13-9(2)17-15(21)18-11(13)8-23-16-19-10-6-4-5-7-12(10)24-16/h4-7,9H,3,8H2,1-2H3,(H2,17,18,21)/t9-/m0/s1. The molecule has 6 nitrogen and oxygen atoms in total. The molecular weight excluding hydrogens is 346 g/mol. The van der Waals surface area contributed by atoms with Crippen molar-refractivity contribution in [1.29, 1.82) is 0 Å². The summed E-state index contributed by atoms with van der Waals surface area (Å²) >= 11 is 3.09. The summed E-state index contributed by atoms with van der Waals surface area (Å²) in [6.45, 7) is 3.82. The van der Waals surface area contributed by atoms with Crippen molar-refractivity contribution >= 4 is 45.3 Å². The van der Waals surface area contributed by atoms with Crippen molar-refractivity contribution < 1.29 is 14.3 Å². The smallest absolute Gasteiger partial charge is 0.337 e. The Morgan fingerprint density at radius 1 is 1.42 bits per heavy atom. The van der Waals surface area contributed by atoms with E-state index in [-0.39, 0.29) is 12.1 Å². The molecule has 24 heavy (non-hydrogen) atoms. The third-order valence-corrected chi connectivity index (χ3v) is 5.69. The van der Waals surface area contributed by atoms with E-state index in [0.29, 0.717) is 23.6 Å². The normalized spacial score (nSPS) is 17.6. The molecule has 1 atom stereocenters. The molecule has 0 bridgehead atoms. The van der Waals surface area contributed by atoms with Gasteiger partial charge in [0.15, 0.2) is 4.34 Å². The number of thiazole rings is 1. The van der Waals surface area contributed by atoms with Gasteiger partial charge in [-0.15, -0.1) is 11.3 Å². The molecule has 126 valence electrons. The number of nitrogens with one attached hydrogen (secondary N) is 2. The molecule has 0 aliphatic carbocycles. The van der Waals surface area contributed by atoms with Crippen LogP contribution in [0.4, 0.5) is 4.79 Å². The van der Waals surface area contributed by atoms with Gasteiger partial charge in [-0.05, 0) is 26.0 Å². The van der Waals surface area contributed by atoms with E-state index in [1.54, 1.807) is 25.2 Å². The van der Waals surface area contributed by atoms with Crippen LogP contribution in [0, 0.1) is 0 Å². The molecule has 8 heteroatoms. The zero-order valence-electron chi connectivity index (χ0n) is 13.3. The van der Waals surface area contributed by atoms with Gasteiger partial charge < -0.3 is 15.4 Å².